The van der Waals surface area contributed by atoms with Crippen LogP contribution in [-0.4, -0.2) is 50.2 Å². The van der Waals surface area contributed by atoms with Gasteiger partial charge in [-0.1, -0.05) is 0 Å². The Morgan fingerprint density at radius 2 is 2.03 bits per heavy atom. The number of aromatic amines is 1. The molecule has 1 saturated heterocycles. The van der Waals surface area contributed by atoms with E-state index in [4.69, 9.17) is 4.74 Å². The van der Waals surface area contributed by atoms with E-state index in [2.05, 4.69) is 36.1 Å². The summed E-state index contributed by atoms with van der Waals surface area (Å²) in [7, 11) is 0. The number of aromatic nitrogens is 5. The van der Waals surface area contributed by atoms with Crippen molar-refractivity contribution < 1.29 is 9.53 Å². The summed E-state index contributed by atoms with van der Waals surface area (Å²) in [5, 5.41) is 8.54. The molecule has 0 saturated carbocycles. The number of nitrogens with zero attached hydrogens (tertiary/aromatic N) is 5. The molecule has 4 aromatic rings. The van der Waals surface area contributed by atoms with Crippen LogP contribution < -0.4 is 10.5 Å². The second kappa shape index (κ2) is 7.74. The van der Waals surface area contributed by atoms with E-state index in [0.717, 1.165) is 40.7 Å². The number of carbonyl (C=O) groups is 1. The van der Waals surface area contributed by atoms with Crippen LogP contribution in [0.2, 0.25) is 0 Å². The van der Waals surface area contributed by atoms with E-state index in [1.165, 1.54) is 0 Å². The van der Waals surface area contributed by atoms with Crippen LogP contribution in [-0.2, 0) is 11.2 Å². The molecule has 1 fully saturated rings. The summed E-state index contributed by atoms with van der Waals surface area (Å²) in [6.45, 7) is 3.77. The van der Waals surface area contributed by atoms with Gasteiger partial charge in [0.25, 0.3) is 11.5 Å². The Morgan fingerprint density at radius 1 is 1.21 bits per heavy atom. The van der Waals surface area contributed by atoms with Crippen molar-refractivity contribution in [3.63, 3.8) is 0 Å². The first-order valence-corrected chi connectivity index (χ1v) is 11.8. The number of anilines is 1. The van der Waals surface area contributed by atoms with E-state index < -0.39 is 0 Å². The molecular formula is C23H21BrN6O3. The minimum atomic E-state index is -0.296. The van der Waals surface area contributed by atoms with Gasteiger partial charge in [0, 0.05) is 41.9 Å². The maximum atomic E-state index is 13.6. The van der Waals surface area contributed by atoms with Crippen molar-refractivity contribution in [2.45, 2.75) is 32.1 Å². The van der Waals surface area contributed by atoms with Gasteiger partial charge >= 0.3 is 0 Å². The van der Waals surface area contributed by atoms with Gasteiger partial charge in [0.2, 0.25) is 5.65 Å². The standard InChI is InChI=1S/C23H21BrN6O3/c1-12-8-17-18(10-16(12)23(32)29-5-2-14-9-15(24)11-25-19(14)29)30-20(13-3-6-33-7-4-13)27-28-21(30)22(31)26-17/h8-11,13H,2-7H2,1H3,(H,26,31). The fraction of sp³-hybridized carbons (Fsp3) is 0.348. The molecule has 0 spiro atoms. The Balaban J connectivity index is 1.51. The zero-order valence-corrected chi connectivity index (χ0v) is 19.6. The van der Waals surface area contributed by atoms with Crippen molar-refractivity contribution in [3.8, 4) is 0 Å². The normalized spacial score (nSPS) is 16.6. The first-order valence-electron chi connectivity index (χ1n) is 11.0. The molecule has 0 aliphatic carbocycles. The number of benzene rings is 1. The van der Waals surface area contributed by atoms with Gasteiger partial charge in [0.15, 0.2) is 0 Å². The number of pyridine rings is 1. The van der Waals surface area contributed by atoms with Crippen molar-refractivity contribution in [1.82, 2.24) is 24.6 Å². The number of carbonyl (C=O) groups excluding carboxylic acids is 1. The van der Waals surface area contributed by atoms with E-state index in [9.17, 15) is 9.59 Å². The smallest absolute Gasteiger partial charge is 0.294 e. The van der Waals surface area contributed by atoms with Gasteiger partial charge in [0.05, 0.1) is 11.0 Å². The molecule has 168 valence electrons. The third-order valence-corrected chi connectivity index (χ3v) is 6.99. The Kier molecular flexibility index (Phi) is 4.81. The summed E-state index contributed by atoms with van der Waals surface area (Å²) >= 11 is 3.45. The molecule has 2 aliphatic rings. The van der Waals surface area contributed by atoms with Crippen LogP contribution in [0.15, 0.2) is 33.7 Å². The van der Waals surface area contributed by atoms with Crippen LogP contribution >= 0.6 is 15.9 Å². The lowest BCUT2D eigenvalue weighted by molar-refractivity contribution is 0.0834. The number of fused-ring (bicyclic) bond motifs is 4. The number of hydrogen-bond donors (Lipinski definition) is 1. The van der Waals surface area contributed by atoms with E-state index in [1.807, 2.05) is 29.5 Å². The number of hydrogen-bond acceptors (Lipinski definition) is 6. The highest BCUT2D eigenvalue weighted by Crippen LogP contribution is 2.31. The highest BCUT2D eigenvalue weighted by atomic mass is 79.9. The van der Waals surface area contributed by atoms with Gasteiger partial charge in [-0.05, 0) is 71.4 Å². The van der Waals surface area contributed by atoms with E-state index in [1.54, 1.807) is 11.1 Å². The highest BCUT2D eigenvalue weighted by Gasteiger charge is 2.29. The van der Waals surface area contributed by atoms with Crippen molar-refractivity contribution in [2.24, 2.45) is 0 Å². The third-order valence-electron chi connectivity index (χ3n) is 6.55. The second-order valence-electron chi connectivity index (χ2n) is 8.59. The molecular weight excluding hydrogens is 488 g/mol. The molecule has 1 amide bonds. The molecule has 3 aromatic heterocycles. The van der Waals surface area contributed by atoms with Gasteiger partial charge in [-0.25, -0.2) is 4.98 Å². The topological polar surface area (TPSA) is 105 Å². The Hall–Kier alpha value is -3.11. The summed E-state index contributed by atoms with van der Waals surface area (Å²) < 4.78 is 8.21. The van der Waals surface area contributed by atoms with Crippen LogP contribution in [0, 0.1) is 6.92 Å². The molecule has 0 radical (unpaired) electrons. The maximum absolute atomic E-state index is 13.6. The Labute approximate surface area is 196 Å². The molecule has 33 heavy (non-hydrogen) atoms. The van der Waals surface area contributed by atoms with Gasteiger partial charge in [-0.15, -0.1) is 10.2 Å². The highest BCUT2D eigenvalue weighted by molar-refractivity contribution is 9.10. The van der Waals surface area contributed by atoms with Gasteiger partial charge in [-0.2, -0.15) is 0 Å². The van der Waals surface area contributed by atoms with Crippen LogP contribution in [0.3, 0.4) is 0 Å². The Bertz CT molecular complexity index is 1490. The van der Waals surface area contributed by atoms with Crippen LogP contribution in [0.5, 0.6) is 0 Å². The molecule has 2 aliphatic heterocycles. The van der Waals surface area contributed by atoms with E-state index in [0.29, 0.717) is 42.2 Å². The number of rotatable bonds is 2. The average molecular weight is 509 g/mol. The SMILES string of the molecule is Cc1cc2[nH]c(=O)c3nnc(C4CCOCC4)n3c2cc1C(=O)N1CCc2cc(Br)cnc21. The van der Waals surface area contributed by atoms with Gasteiger partial charge in [0.1, 0.15) is 11.6 Å². The number of ether oxygens (including phenoxy) is 1. The van der Waals surface area contributed by atoms with Crippen molar-refractivity contribution in [1.29, 1.82) is 0 Å². The van der Waals surface area contributed by atoms with Gasteiger partial charge < -0.3 is 9.72 Å². The summed E-state index contributed by atoms with van der Waals surface area (Å²) in [6.07, 6.45) is 4.11. The minimum absolute atomic E-state index is 0.108. The summed E-state index contributed by atoms with van der Waals surface area (Å²) in [5.74, 6) is 1.47. The zero-order valence-electron chi connectivity index (χ0n) is 18.0. The molecule has 10 heteroatoms. The molecule has 1 N–H and O–H groups in total. The number of nitrogens with one attached hydrogen (secondary N) is 1. The predicted molar refractivity (Wildman–Crippen MR) is 126 cm³/mol. The first kappa shape index (κ1) is 20.5. The van der Waals surface area contributed by atoms with Crippen molar-refractivity contribution in [3.05, 3.63) is 61.7 Å². The molecule has 0 unspecified atom stereocenters. The molecule has 1 aromatic carbocycles. The van der Waals surface area contributed by atoms with E-state index >= 15 is 0 Å². The van der Waals surface area contributed by atoms with Gasteiger partial charge in [-0.3, -0.25) is 18.9 Å². The van der Waals surface area contributed by atoms with Crippen LogP contribution in [0.4, 0.5) is 5.82 Å². The van der Waals surface area contributed by atoms with Crippen molar-refractivity contribution in [2.75, 3.05) is 24.7 Å². The first-order chi connectivity index (χ1) is 16.0. The molecule has 6 rings (SSSR count). The molecule has 9 nitrogen and oxygen atoms in total. The second-order valence-corrected chi connectivity index (χ2v) is 9.50. The largest absolute Gasteiger partial charge is 0.381 e. The predicted octanol–water partition coefficient (Wildman–Crippen LogP) is 3.13. The van der Waals surface area contributed by atoms with Crippen LogP contribution in [0.25, 0.3) is 16.7 Å². The lowest BCUT2D eigenvalue weighted by Crippen LogP contribution is -2.30. The number of H-pyrrole nitrogens is 1. The maximum Gasteiger partial charge on any atom is 0.294 e. The fourth-order valence-electron chi connectivity index (χ4n) is 4.87. The zero-order chi connectivity index (χ0) is 22.7. The summed E-state index contributed by atoms with van der Waals surface area (Å²) in [6, 6.07) is 5.70. The summed E-state index contributed by atoms with van der Waals surface area (Å²) in [5.41, 5.74) is 3.71. The lowest BCUT2D eigenvalue weighted by atomic mass is 9.99. The number of amides is 1. The average Bonchev–Trinajstić information content (AvgIpc) is 3.44. The Morgan fingerprint density at radius 3 is 2.85 bits per heavy atom. The lowest BCUT2D eigenvalue weighted by Gasteiger charge is -2.21. The monoisotopic (exact) mass is 508 g/mol. The quantitative estimate of drug-likeness (QED) is 0.445. The number of aryl methyl sites for hydroxylation is 1. The molecule has 5 heterocycles. The number of halogens is 1. The summed E-state index contributed by atoms with van der Waals surface area (Å²) in [4.78, 5) is 35.4. The fourth-order valence-corrected chi connectivity index (χ4v) is 5.25. The molecule has 0 atom stereocenters. The third kappa shape index (κ3) is 3.27. The molecule has 0 bridgehead atoms. The van der Waals surface area contributed by atoms with Crippen LogP contribution in [0.1, 0.15) is 46.1 Å². The van der Waals surface area contributed by atoms with E-state index in [-0.39, 0.29) is 23.0 Å². The minimum Gasteiger partial charge on any atom is -0.381 e. The van der Waals surface area contributed by atoms with Crippen molar-refractivity contribution >= 4 is 44.3 Å².